The molecule has 0 bridgehead atoms. The zero-order valence-electron chi connectivity index (χ0n) is 18.1. The van der Waals surface area contributed by atoms with Gasteiger partial charge in [-0.3, -0.25) is 9.36 Å². The van der Waals surface area contributed by atoms with E-state index in [2.05, 4.69) is 5.32 Å². The largest absolute Gasteiger partial charge is 0.334 e. The van der Waals surface area contributed by atoms with Crippen LogP contribution in [0.15, 0.2) is 59.4 Å². The molecule has 2 amide bonds. The van der Waals surface area contributed by atoms with E-state index in [0.717, 1.165) is 5.56 Å². The lowest BCUT2D eigenvalue weighted by atomic mass is 10.1. The van der Waals surface area contributed by atoms with Crippen LogP contribution in [0.3, 0.4) is 0 Å². The molecule has 3 rings (SSSR count). The average molecular weight is 407 g/mol. The van der Waals surface area contributed by atoms with E-state index >= 15 is 0 Å². The Morgan fingerprint density at radius 2 is 1.73 bits per heavy atom. The molecule has 0 fully saturated rings. The molecule has 0 saturated carbocycles. The summed E-state index contributed by atoms with van der Waals surface area (Å²) >= 11 is 0. The predicted molar refractivity (Wildman–Crippen MR) is 120 cm³/mol. The predicted octanol–water partition coefficient (Wildman–Crippen LogP) is 4.49. The minimum absolute atomic E-state index is 0.0561. The van der Waals surface area contributed by atoms with Crippen molar-refractivity contribution in [1.29, 1.82) is 0 Å². The lowest BCUT2D eigenvalue weighted by molar-refractivity contribution is 0.145. The topological polar surface area (TPSA) is 67.2 Å². The van der Waals surface area contributed by atoms with Crippen molar-refractivity contribution in [1.82, 2.24) is 19.8 Å². The summed E-state index contributed by atoms with van der Waals surface area (Å²) in [6.07, 6.45) is 0.654. The van der Waals surface area contributed by atoms with E-state index in [1.165, 1.54) is 0 Å². The summed E-state index contributed by atoms with van der Waals surface area (Å²) in [6, 6.07) is 16.7. The monoisotopic (exact) mass is 406 g/mol. The summed E-state index contributed by atoms with van der Waals surface area (Å²) in [5.74, 6) is 0.632. The van der Waals surface area contributed by atoms with E-state index in [4.69, 9.17) is 4.98 Å². The number of urea groups is 1. The highest BCUT2D eigenvalue weighted by Gasteiger charge is 2.30. The van der Waals surface area contributed by atoms with E-state index in [1.807, 2.05) is 76.2 Å². The molecule has 1 heterocycles. The maximum atomic E-state index is 13.2. The normalized spacial score (nSPS) is 12.2. The van der Waals surface area contributed by atoms with Gasteiger partial charge in [-0.25, -0.2) is 9.78 Å². The summed E-state index contributed by atoms with van der Waals surface area (Å²) in [7, 11) is 0. The Balaban J connectivity index is 1.99. The summed E-state index contributed by atoms with van der Waals surface area (Å²) < 4.78 is 1.69. The van der Waals surface area contributed by atoms with Crippen molar-refractivity contribution in [3.05, 3.63) is 76.3 Å². The minimum Gasteiger partial charge on any atom is -0.334 e. The summed E-state index contributed by atoms with van der Waals surface area (Å²) in [6.45, 7) is 8.88. The van der Waals surface area contributed by atoms with Gasteiger partial charge in [-0.05, 0) is 44.9 Å². The Morgan fingerprint density at radius 3 is 2.37 bits per heavy atom. The molecule has 0 aliphatic rings. The van der Waals surface area contributed by atoms with Crippen molar-refractivity contribution < 1.29 is 4.79 Å². The first-order valence-electron chi connectivity index (χ1n) is 10.6. The molecular weight excluding hydrogens is 376 g/mol. The zero-order chi connectivity index (χ0) is 21.7. The Morgan fingerprint density at radius 1 is 1.07 bits per heavy atom. The highest BCUT2D eigenvalue weighted by molar-refractivity contribution is 5.78. The van der Waals surface area contributed by atoms with Crippen LogP contribution in [0.25, 0.3) is 10.9 Å². The first kappa shape index (κ1) is 21.6. The van der Waals surface area contributed by atoms with Crippen molar-refractivity contribution in [3.63, 3.8) is 0 Å². The molecule has 158 valence electrons. The van der Waals surface area contributed by atoms with Crippen LogP contribution >= 0.6 is 0 Å². The van der Waals surface area contributed by atoms with Gasteiger partial charge in [0.15, 0.2) is 0 Å². The van der Waals surface area contributed by atoms with Crippen LogP contribution in [0.5, 0.6) is 0 Å². The number of hydrogen-bond donors (Lipinski definition) is 1. The number of amides is 2. The molecule has 0 spiro atoms. The highest BCUT2D eigenvalue weighted by atomic mass is 16.2. The quantitative estimate of drug-likeness (QED) is 0.629. The fraction of sp³-hybridized carbons (Fsp3) is 0.375. The third-order valence-electron chi connectivity index (χ3n) is 5.31. The average Bonchev–Trinajstić information content (AvgIpc) is 2.76. The Hall–Kier alpha value is -3.15. The SMILES string of the molecule is CCC(c1nc2ccccc2c(=O)n1CC)N(C(=O)NCc1ccccc1)C(C)C. The second-order valence-corrected chi connectivity index (χ2v) is 7.61. The summed E-state index contributed by atoms with van der Waals surface area (Å²) in [5.41, 5.74) is 1.64. The molecule has 6 heteroatoms. The van der Waals surface area contributed by atoms with Crippen molar-refractivity contribution in [2.24, 2.45) is 0 Å². The molecule has 30 heavy (non-hydrogen) atoms. The third-order valence-corrected chi connectivity index (χ3v) is 5.31. The molecule has 0 aliphatic heterocycles. The van der Waals surface area contributed by atoms with Crippen LogP contribution < -0.4 is 10.9 Å². The van der Waals surface area contributed by atoms with Crippen molar-refractivity contribution in [2.75, 3.05) is 0 Å². The molecule has 0 aliphatic carbocycles. The van der Waals surface area contributed by atoms with Gasteiger partial charge in [0.05, 0.1) is 16.9 Å². The second kappa shape index (κ2) is 9.57. The van der Waals surface area contributed by atoms with Crippen LogP contribution in [0.1, 0.15) is 51.5 Å². The number of nitrogens with one attached hydrogen (secondary N) is 1. The molecule has 2 aromatic carbocycles. The Labute approximate surface area is 177 Å². The molecule has 3 aromatic rings. The van der Waals surface area contributed by atoms with E-state index < -0.39 is 0 Å². The lowest BCUT2D eigenvalue weighted by Gasteiger charge is -2.35. The van der Waals surface area contributed by atoms with Gasteiger partial charge in [0.2, 0.25) is 0 Å². The highest BCUT2D eigenvalue weighted by Crippen LogP contribution is 2.26. The molecule has 0 saturated heterocycles. The van der Waals surface area contributed by atoms with Crippen LogP contribution in [-0.4, -0.2) is 26.5 Å². The number of benzene rings is 2. The molecule has 0 radical (unpaired) electrons. The molecule has 1 atom stereocenters. The van der Waals surface area contributed by atoms with E-state index in [9.17, 15) is 9.59 Å². The number of nitrogens with zero attached hydrogens (tertiary/aromatic N) is 3. The number of rotatable bonds is 7. The number of hydrogen-bond acceptors (Lipinski definition) is 3. The lowest BCUT2D eigenvalue weighted by Crippen LogP contribution is -2.47. The second-order valence-electron chi connectivity index (χ2n) is 7.61. The summed E-state index contributed by atoms with van der Waals surface area (Å²) in [5, 5.41) is 3.63. The maximum absolute atomic E-state index is 13.2. The van der Waals surface area contributed by atoms with Gasteiger partial charge in [0.1, 0.15) is 5.82 Å². The maximum Gasteiger partial charge on any atom is 0.318 e. The number of fused-ring (bicyclic) bond motifs is 1. The van der Waals surface area contributed by atoms with Crippen LogP contribution in [-0.2, 0) is 13.1 Å². The van der Waals surface area contributed by atoms with Gasteiger partial charge in [-0.1, -0.05) is 49.4 Å². The van der Waals surface area contributed by atoms with Crippen molar-refractivity contribution >= 4 is 16.9 Å². The van der Waals surface area contributed by atoms with Gasteiger partial charge >= 0.3 is 6.03 Å². The van der Waals surface area contributed by atoms with Gasteiger partial charge in [0, 0.05) is 19.1 Å². The number of aromatic nitrogens is 2. The third kappa shape index (κ3) is 4.37. The van der Waals surface area contributed by atoms with Gasteiger partial charge in [-0.2, -0.15) is 0 Å². The number of carbonyl (C=O) groups is 1. The number of para-hydroxylation sites is 1. The smallest absolute Gasteiger partial charge is 0.318 e. The first-order chi connectivity index (χ1) is 14.5. The zero-order valence-corrected chi connectivity index (χ0v) is 18.1. The van der Waals surface area contributed by atoms with Crippen molar-refractivity contribution in [2.45, 2.75) is 59.3 Å². The van der Waals surface area contributed by atoms with E-state index in [0.29, 0.717) is 36.2 Å². The number of carbonyl (C=O) groups excluding carboxylic acids is 1. The van der Waals surface area contributed by atoms with E-state index in [1.54, 1.807) is 15.5 Å². The fourth-order valence-electron chi connectivity index (χ4n) is 3.85. The summed E-state index contributed by atoms with van der Waals surface area (Å²) in [4.78, 5) is 32.9. The molecule has 1 N–H and O–H groups in total. The van der Waals surface area contributed by atoms with Crippen molar-refractivity contribution in [3.8, 4) is 0 Å². The van der Waals surface area contributed by atoms with Gasteiger partial charge < -0.3 is 10.2 Å². The van der Waals surface area contributed by atoms with Crippen LogP contribution in [0.4, 0.5) is 4.79 Å². The Kier molecular flexibility index (Phi) is 6.87. The molecular formula is C24H30N4O2. The minimum atomic E-state index is -0.307. The first-order valence-corrected chi connectivity index (χ1v) is 10.6. The Bertz CT molecular complexity index is 1060. The molecule has 1 aromatic heterocycles. The van der Waals surface area contributed by atoms with Crippen LogP contribution in [0.2, 0.25) is 0 Å². The molecule has 1 unspecified atom stereocenters. The van der Waals surface area contributed by atoms with E-state index in [-0.39, 0.29) is 23.7 Å². The van der Waals surface area contributed by atoms with Gasteiger partial charge in [-0.15, -0.1) is 0 Å². The van der Waals surface area contributed by atoms with Gasteiger partial charge in [0.25, 0.3) is 5.56 Å². The standard InChI is InChI=1S/C24H30N4O2/c1-5-21(22-26-20-15-11-10-14-19(20)23(29)27(22)6-2)28(17(3)4)24(30)25-16-18-12-8-7-9-13-18/h7-15,17,21H,5-6,16H2,1-4H3,(H,25,30). The molecule has 6 nitrogen and oxygen atoms in total. The van der Waals surface area contributed by atoms with Crippen LogP contribution in [0, 0.1) is 0 Å². The fourth-order valence-corrected chi connectivity index (χ4v) is 3.85.